The van der Waals surface area contributed by atoms with Crippen molar-refractivity contribution < 1.29 is 0 Å². The number of hydrogen-bond donors (Lipinski definition) is 1. The molecule has 304 valence electrons. The topological polar surface area (TPSA) is 47.7 Å². The molecule has 1 N–H and O–H groups in total. The van der Waals surface area contributed by atoms with Crippen LogP contribution in [0.5, 0.6) is 0 Å². The monoisotopic (exact) mass is 839 g/mol. The van der Waals surface area contributed by atoms with Crippen LogP contribution in [-0.2, 0) is 0 Å². The Labute approximate surface area is 373 Å². The van der Waals surface area contributed by atoms with Gasteiger partial charge in [-0.1, -0.05) is 146 Å². The second-order valence-electron chi connectivity index (χ2n) is 15.6. The van der Waals surface area contributed by atoms with Gasteiger partial charge in [0.25, 0.3) is 0 Å². The Morgan fingerprint density at radius 1 is 0.312 bits per heavy atom. The van der Waals surface area contributed by atoms with Crippen LogP contribution in [-0.4, -0.2) is 19.1 Å². The Morgan fingerprint density at radius 2 is 0.656 bits per heavy atom. The smallest absolute Gasteiger partial charge is 0.0710 e. The predicted molar refractivity (Wildman–Crippen MR) is 272 cm³/mol. The predicted octanol–water partition coefficient (Wildman–Crippen LogP) is 14.1. The second-order valence-corrected chi connectivity index (χ2v) is 16.9. The lowest BCUT2D eigenvalue weighted by molar-refractivity contribution is 1.18. The molecule has 6 heteroatoms. The van der Waals surface area contributed by atoms with Crippen LogP contribution in [0, 0.1) is 0 Å². The van der Waals surface area contributed by atoms with Crippen LogP contribution < -0.4 is 16.2 Å². The number of pyridine rings is 2. The molecule has 0 saturated heterocycles. The summed E-state index contributed by atoms with van der Waals surface area (Å²) < 4.78 is 4.71. The zero-order valence-corrected chi connectivity index (χ0v) is 35.9. The lowest BCUT2D eigenvalue weighted by Gasteiger charge is -2.11. The number of fused-ring (bicyclic) bond motifs is 6. The van der Waals surface area contributed by atoms with Gasteiger partial charge in [-0.05, 0) is 106 Å². The summed E-state index contributed by atoms with van der Waals surface area (Å²) in [5.41, 5.74) is 15.4. The van der Waals surface area contributed by atoms with E-state index in [0.717, 1.165) is 56.1 Å². The number of para-hydroxylation sites is 6. The van der Waals surface area contributed by atoms with Crippen molar-refractivity contribution in [2.75, 3.05) is 5.32 Å². The minimum absolute atomic E-state index is 0.325. The average molecular weight is 840 g/mol. The van der Waals surface area contributed by atoms with Crippen LogP contribution >= 0.6 is 8.58 Å². The minimum atomic E-state index is 0.325. The molecule has 0 fully saturated rings. The van der Waals surface area contributed by atoms with E-state index in [1.165, 1.54) is 43.6 Å². The third kappa shape index (κ3) is 7.70. The first-order valence-corrected chi connectivity index (χ1v) is 22.5. The number of rotatable bonds is 8. The lowest BCUT2D eigenvalue weighted by atomic mass is 10.1. The Bertz CT molecular complexity index is 3230. The molecule has 0 aliphatic carbocycles. The fourth-order valence-electron chi connectivity index (χ4n) is 8.68. The molecule has 12 aromatic rings. The molecule has 0 spiro atoms. The van der Waals surface area contributed by atoms with Crippen molar-refractivity contribution in [3.63, 3.8) is 0 Å². The Hall–Kier alpha value is -8.11. The molecule has 0 saturated carbocycles. The summed E-state index contributed by atoms with van der Waals surface area (Å²) in [6.45, 7) is 0. The number of nitrogens with one attached hydrogen (secondary N) is 1. The van der Waals surface area contributed by atoms with E-state index >= 15 is 0 Å². The first-order chi connectivity index (χ1) is 31.7. The van der Waals surface area contributed by atoms with Crippen LogP contribution in [0.25, 0.3) is 77.5 Å². The third-order valence-electron chi connectivity index (χ3n) is 11.6. The molecule has 0 radical (unpaired) electrons. The zero-order valence-electron chi connectivity index (χ0n) is 34.9. The van der Waals surface area contributed by atoms with Crippen molar-refractivity contribution in [1.82, 2.24) is 19.1 Å². The van der Waals surface area contributed by atoms with E-state index in [1.54, 1.807) is 0 Å². The van der Waals surface area contributed by atoms with Crippen molar-refractivity contribution in [2.45, 2.75) is 0 Å². The summed E-state index contributed by atoms with van der Waals surface area (Å²) in [5, 5.41) is 8.33. The molecule has 4 aromatic heterocycles. The molecule has 4 heterocycles. The van der Waals surface area contributed by atoms with Crippen molar-refractivity contribution >= 4 is 74.4 Å². The van der Waals surface area contributed by atoms with Gasteiger partial charge in [-0.25, -0.2) is 9.97 Å². The largest absolute Gasteiger partial charge is 0.356 e. The first-order valence-electron chi connectivity index (χ1n) is 21.5. The summed E-state index contributed by atoms with van der Waals surface area (Å²) in [5.74, 6) is 0. The molecular weight excluding hydrogens is 798 g/mol. The summed E-state index contributed by atoms with van der Waals surface area (Å²) in [7, 11) is 0.325. The normalized spacial score (nSPS) is 11.2. The average Bonchev–Trinajstić information content (AvgIpc) is 3.88. The molecule has 0 unspecified atom stereocenters. The van der Waals surface area contributed by atoms with E-state index in [0.29, 0.717) is 8.58 Å². The third-order valence-corrected chi connectivity index (χ3v) is 12.6. The summed E-state index contributed by atoms with van der Waals surface area (Å²) >= 11 is 0. The molecule has 0 aliphatic heterocycles. The SMILES string of the molecule is c1cc(-c2cccc(Pc3cccc(-c4cccc(-n5c6ccccc6c6ccccc65)c4)n3)n2)cc(-n2c3ccccc3c3ccccc32)c1.c1ccc(Nc2ccccc2)cc1. The van der Waals surface area contributed by atoms with E-state index in [9.17, 15) is 0 Å². The standard InChI is InChI=1S/C46H31N4P.C12H11N/c1-5-23-41-35(17-1)36-18-2-6-24-42(36)49(41)33-15-9-13-31(29-33)39-21-11-27-45(47-39)51-46-28-12-22-40(48-46)32-14-10-16-34(30-32)50-43-25-7-3-19-37(43)38-20-4-8-26-44(38)50;1-3-7-11(8-4-1)13-12-9-5-2-6-10-12/h1-30,51H;1-10,13H. The quantitative estimate of drug-likeness (QED) is 0.155. The van der Waals surface area contributed by atoms with E-state index in [2.05, 4.69) is 196 Å². The number of anilines is 2. The molecule has 0 bridgehead atoms. The van der Waals surface area contributed by atoms with Gasteiger partial charge in [-0.2, -0.15) is 0 Å². The van der Waals surface area contributed by atoms with Gasteiger partial charge in [0.15, 0.2) is 0 Å². The molecular formula is C58H42N5P. The van der Waals surface area contributed by atoms with Crippen LogP contribution in [0.2, 0.25) is 0 Å². The van der Waals surface area contributed by atoms with Gasteiger partial charge in [0, 0.05) is 55.4 Å². The van der Waals surface area contributed by atoms with Gasteiger partial charge < -0.3 is 14.5 Å². The van der Waals surface area contributed by atoms with Crippen molar-refractivity contribution in [3.8, 4) is 33.9 Å². The van der Waals surface area contributed by atoms with Gasteiger partial charge in [-0.15, -0.1) is 0 Å². The highest BCUT2D eigenvalue weighted by Crippen LogP contribution is 2.35. The maximum Gasteiger partial charge on any atom is 0.0710 e. The summed E-state index contributed by atoms with van der Waals surface area (Å²) in [4.78, 5) is 10.3. The highest BCUT2D eigenvalue weighted by molar-refractivity contribution is 7.54. The van der Waals surface area contributed by atoms with E-state index in [4.69, 9.17) is 9.97 Å². The van der Waals surface area contributed by atoms with Crippen molar-refractivity contribution in [2.24, 2.45) is 0 Å². The van der Waals surface area contributed by atoms with E-state index < -0.39 is 0 Å². The van der Waals surface area contributed by atoms with Crippen LogP contribution in [0.15, 0.2) is 243 Å². The highest BCUT2D eigenvalue weighted by atomic mass is 31.1. The summed E-state index contributed by atoms with van der Waals surface area (Å²) in [6, 6.07) is 84.8. The molecule has 12 rings (SSSR count). The first kappa shape index (κ1) is 38.8. The Morgan fingerprint density at radius 3 is 1.05 bits per heavy atom. The fourth-order valence-corrected chi connectivity index (χ4v) is 9.66. The maximum atomic E-state index is 5.15. The number of hydrogen-bond acceptors (Lipinski definition) is 3. The molecule has 0 aliphatic rings. The van der Waals surface area contributed by atoms with Crippen molar-refractivity contribution in [3.05, 3.63) is 243 Å². The van der Waals surface area contributed by atoms with Gasteiger partial charge in [0.2, 0.25) is 0 Å². The van der Waals surface area contributed by atoms with Gasteiger partial charge in [0.1, 0.15) is 0 Å². The number of benzene rings is 8. The lowest BCUT2D eigenvalue weighted by Crippen LogP contribution is -2.11. The van der Waals surface area contributed by atoms with Gasteiger partial charge in [0.05, 0.1) is 44.3 Å². The molecule has 8 aromatic carbocycles. The van der Waals surface area contributed by atoms with Crippen LogP contribution in [0.3, 0.4) is 0 Å². The number of aromatic nitrogens is 4. The van der Waals surface area contributed by atoms with E-state index in [-0.39, 0.29) is 0 Å². The van der Waals surface area contributed by atoms with Crippen molar-refractivity contribution in [1.29, 1.82) is 0 Å². The Balaban J connectivity index is 0.000000302. The van der Waals surface area contributed by atoms with Crippen LogP contribution in [0.4, 0.5) is 11.4 Å². The van der Waals surface area contributed by atoms with E-state index in [1.807, 2.05) is 60.7 Å². The molecule has 64 heavy (non-hydrogen) atoms. The van der Waals surface area contributed by atoms with Gasteiger partial charge in [-0.3, -0.25) is 0 Å². The number of nitrogens with zero attached hydrogens (tertiary/aromatic N) is 4. The molecule has 0 amide bonds. The highest BCUT2D eigenvalue weighted by Gasteiger charge is 2.15. The second kappa shape index (κ2) is 17.3. The van der Waals surface area contributed by atoms with Crippen LogP contribution in [0.1, 0.15) is 0 Å². The maximum absolute atomic E-state index is 5.15. The van der Waals surface area contributed by atoms with Gasteiger partial charge >= 0.3 is 0 Å². The fraction of sp³-hybridized carbons (Fsp3) is 0. The molecule has 5 nitrogen and oxygen atoms in total. The minimum Gasteiger partial charge on any atom is -0.356 e. The zero-order chi connectivity index (χ0) is 42.7. The summed E-state index contributed by atoms with van der Waals surface area (Å²) in [6.07, 6.45) is 0. The Kier molecular flexibility index (Phi) is 10.5. The molecule has 0 atom stereocenters.